The molecule has 1 aliphatic heterocycles. The maximum absolute atomic E-state index is 11.1. The summed E-state index contributed by atoms with van der Waals surface area (Å²) < 4.78 is 5.56. The fraction of sp³-hybridized carbons (Fsp3) is 0.550. The normalized spacial score (nSPS) is 23.9. The van der Waals surface area contributed by atoms with Crippen LogP contribution in [0.5, 0.6) is 11.6 Å². The molecule has 144 valence electrons. The molecule has 1 aromatic carbocycles. The number of ether oxygens (including phenoxy) is 1. The van der Waals surface area contributed by atoms with Crippen LogP contribution in [0.25, 0.3) is 0 Å². The van der Waals surface area contributed by atoms with Gasteiger partial charge in [0, 0.05) is 6.04 Å². The minimum absolute atomic E-state index is 0.0164. The van der Waals surface area contributed by atoms with Gasteiger partial charge >= 0.3 is 5.97 Å². The summed E-state index contributed by atoms with van der Waals surface area (Å²) >= 11 is 0. The van der Waals surface area contributed by atoms with Crippen molar-refractivity contribution in [3.05, 3.63) is 35.5 Å². The van der Waals surface area contributed by atoms with E-state index in [1.165, 1.54) is 63.6 Å². The van der Waals surface area contributed by atoms with E-state index in [4.69, 9.17) is 9.84 Å². The van der Waals surface area contributed by atoms with Gasteiger partial charge in [-0.2, -0.15) is 0 Å². The van der Waals surface area contributed by atoms with Crippen LogP contribution in [0.4, 0.5) is 0 Å². The van der Waals surface area contributed by atoms with Crippen LogP contribution in [0.2, 0.25) is 0 Å². The summed E-state index contributed by atoms with van der Waals surface area (Å²) in [5, 5.41) is 18.6. The molecule has 1 aromatic heterocycles. The minimum Gasteiger partial charge on any atom is -0.476 e. The van der Waals surface area contributed by atoms with Gasteiger partial charge in [0.2, 0.25) is 5.69 Å². The van der Waals surface area contributed by atoms with Gasteiger partial charge in [0.05, 0.1) is 0 Å². The number of carbonyl (C=O) groups is 1. The van der Waals surface area contributed by atoms with Crippen molar-refractivity contribution < 1.29 is 14.6 Å². The Kier molecular flexibility index (Phi) is 5.38. The number of nitrogens with one attached hydrogen (secondary N) is 1. The van der Waals surface area contributed by atoms with E-state index in [9.17, 15) is 4.79 Å². The van der Waals surface area contributed by atoms with Gasteiger partial charge in [0.15, 0.2) is 0 Å². The molecule has 2 fully saturated rings. The number of rotatable bonds is 5. The zero-order valence-electron chi connectivity index (χ0n) is 15.4. The van der Waals surface area contributed by atoms with Crippen molar-refractivity contribution in [2.24, 2.45) is 0 Å². The van der Waals surface area contributed by atoms with Crippen molar-refractivity contribution in [1.29, 1.82) is 0 Å². The Hall–Kier alpha value is -2.41. The number of aromatic amines is 1. The molecule has 1 saturated heterocycles. The lowest BCUT2D eigenvalue weighted by molar-refractivity contribution is 0.0687. The van der Waals surface area contributed by atoms with E-state index >= 15 is 0 Å². The van der Waals surface area contributed by atoms with Gasteiger partial charge in [-0.1, -0.05) is 28.9 Å². The molecule has 7 nitrogen and oxygen atoms in total. The van der Waals surface area contributed by atoms with Crippen LogP contribution in [0.1, 0.15) is 66.9 Å². The van der Waals surface area contributed by atoms with Crippen LogP contribution in [0.3, 0.4) is 0 Å². The summed E-state index contributed by atoms with van der Waals surface area (Å²) in [7, 11) is 0. The first-order valence-corrected chi connectivity index (χ1v) is 9.87. The SMILES string of the molecule is O=C(O)c1[nH]nnc1Oc1ccc(C2CCC(N3CCCCC3)CC2)cc1. The molecule has 4 rings (SSSR count). The second-order valence-corrected chi connectivity index (χ2v) is 7.57. The third kappa shape index (κ3) is 4.13. The molecular formula is C20H26N4O3. The van der Waals surface area contributed by atoms with E-state index in [1.54, 1.807) is 0 Å². The second-order valence-electron chi connectivity index (χ2n) is 7.57. The molecule has 7 heteroatoms. The fourth-order valence-corrected chi connectivity index (χ4v) is 4.41. The number of hydrogen-bond donors (Lipinski definition) is 2. The predicted octanol–water partition coefficient (Wildman–Crippen LogP) is 3.81. The van der Waals surface area contributed by atoms with Gasteiger partial charge in [-0.25, -0.2) is 9.89 Å². The predicted molar refractivity (Wildman–Crippen MR) is 100 cm³/mol. The van der Waals surface area contributed by atoms with E-state index in [0.29, 0.717) is 11.7 Å². The first kappa shape index (κ1) is 18.0. The molecule has 0 spiro atoms. The molecular weight excluding hydrogens is 344 g/mol. The van der Waals surface area contributed by atoms with Gasteiger partial charge in [0.25, 0.3) is 5.88 Å². The highest BCUT2D eigenvalue weighted by molar-refractivity contribution is 5.87. The Balaban J connectivity index is 1.34. The number of hydrogen-bond acceptors (Lipinski definition) is 5. The van der Waals surface area contributed by atoms with Crippen LogP contribution in [0, 0.1) is 0 Å². The van der Waals surface area contributed by atoms with Crippen LogP contribution in [-0.4, -0.2) is 50.5 Å². The van der Waals surface area contributed by atoms with Crippen molar-refractivity contribution in [2.75, 3.05) is 13.1 Å². The largest absolute Gasteiger partial charge is 0.476 e. The maximum atomic E-state index is 11.1. The number of carboxylic acid groups (broad SMARTS) is 1. The molecule has 0 bridgehead atoms. The van der Waals surface area contributed by atoms with E-state index in [2.05, 4.69) is 32.4 Å². The highest BCUT2D eigenvalue weighted by Gasteiger charge is 2.27. The fourth-order valence-electron chi connectivity index (χ4n) is 4.41. The lowest BCUT2D eigenvalue weighted by atomic mass is 9.81. The number of aromatic nitrogens is 3. The average Bonchev–Trinajstić information content (AvgIpc) is 3.18. The van der Waals surface area contributed by atoms with Crippen LogP contribution in [-0.2, 0) is 0 Å². The molecule has 0 unspecified atom stereocenters. The number of piperidine rings is 1. The molecule has 1 aliphatic carbocycles. The van der Waals surface area contributed by atoms with Gasteiger partial charge in [-0.15, -0.1) is 0 Å². The van der Waals surface area contributed by atoms with Crippen molar-refractivity contribution in [3.63, 3.8) is 0 Å². The lowest BCUT2D eigenvalue weighted by Gasteiger charge is -2.39. The topological polar surface area (TPSA) is 91.3 Å². The van der Waals surface area contributed by atoms with Crippen LogP contribution < -0.4 is 4.74 Å². The Bertz CT molecular complexity index is 760. The second kappa shape index (κ2) is 8.08. The highest BCUT2D eigenvalue weighted by atomic mass is 16.5. The van der Waals surface area contributed by atoms with Gasteiger partial charge in [-0.3, -0.25) is 0 Å². The van der Waals surface area contributed by atoms with Gasteiger partial charge in [-0.05, 0) is 75.2 Å². The molecule has 0 radical (unpaired) electrons. The Morgan fingerprint density at radius 2 is 1.78 bits per heavy atom. The molecule has 2 aromatic rings. The summed E-state index contributed by atoms with van der Waals surface area (Å²) in [4.78, 5) is 13.8. The molecule has 1 saturated carbocycles. The number of carboxylic acids is 1. The zero-order valence-corrected chi connectivity index (χ0v) is 15.4. The molecule has 0 amide bonds. The molecule has 2 N–H and O–H groups in total. The molecule has 2 aliphatic rings. The zero-order chi connectivity index (χ0) is 18.6. The van der Waals surface area contributed by atoms with Crippen LogP contribution >= 0.6 is 0 Å². The first-order valence-electron chi connectivity index (χ1n) is 9.87. The summed E-state index contributed by atoms with van der Waals surface area (Å²) in [6.45, 7) is 2.56. The summed E-state index contributed by atoms with van der Waals surface area (Å²) in [5.74, 6) is 0.00764. The number of nitrogens with zero attached hydrogens (tertiary/aromatic N) is 3. The molecule has 2 heterocycles. The molecule has 27 heavy (non-hydrogen) atoms. The number of likely N-dealkylation sites (tertiary alicyclic amines) is 1. The van der Waals surface area contributed by atoms with Crippen molar-refractivity contribution in [1.82, 2.24) is 20.3 Å². The summed E-state index contributed by atoms with van der Waals surface area (Å²) in [6, 6.07) is 8.70. The smallest absolute Gasteiger partial charge is 0.359 e. The van der Waals surface area contributed by atoms with Crippen LogP contribution in [0.15, 0.2) is 24.3 Å². The third-order valence-electron chi connectivity index (χ3n) is 5.90. The minimum atomic E-state index is -1.14. The highest BCUT2D eigenvalue weighted by Crippen LogP contribution is 2.36. The number of aromatic carboxylic acids is 1. The Morgan fingerprint density at radius 3 is 2.44 bits per heavy atom. The van der Waals surface area contributed by atoms with Gasteiger partial charge in [0.1, 0.15) is 5.75 Å². The van der Waals surface area contributed by atoms with E-state index < -0.39 is 5.97 Å². The summed E-state index contributed by atoms with van der Waals surface area (Å²) in [6.07, 6.45) is 9.13. The lowest BCUT2D eigenvalue weighted by Crippen LogP contribution is -2.41. The average molecular weight is 370 g/mol. The van der Waals surface area contributed by atoms with E-state index in [1.807, 2.05) is 12.1 Å². The van der Waals surface area contributed by atoms with Gasteiger partial charge < -0.3 is 14.7 Å². The molecule has 0 atom stereocenters. The third-order valence-corrected chi connectivity index (χ3v) is 5.90. The van der Waals surface area contributed by atoms with E-state index in [0.717, 1.165) is 6.04 Å². The Labute approximate surface area is 158 Å². The van der Waals surface area contributed by atoms with Crippen molar-refractivity contribution in [2.45, 2.75) is 56.9 Å². The summed E-state index contributed by atoms with van der Waals surface area (Å²) in [5.41, 5.74) is 1.19. The van der Waals surface area contributed by atoms with E-state index in [-0.39, 0.29) is 11.6 Å². The number of H-pyrrole nitrogens is 1. The first-order chi connectivity index (χ1) is 13.2. The Morgan fingerprint density at radius 1 is 1.07 bits per heavy atom. The quantitative estimate of drug-likeness (QED) is 0.832. The van der Waals surface area contributed by atoms with Crippen molar-refractivity contribution in [3.8, 4) is 11.6 Å². The maximum Gasteiger partial charge on any atom is 0.359 e. The number of benzene rings is 1. The standard InChI is InChI=1S/C20H26N4O3/c25-20(26)18-19(22-23-21-18)27-17-10-6-15(7-11-17)14-4-8-16(9-5-14)24-12-2-1-3-13-24/h6-7,10-11,14,16H,1-5,8-9,12-13H2,(H,25,26)(H,21,22,23). The van der Waals surface area contributed by atoms with Crippen molar-refractivity contribution >= 4 is 5.97 Å². The monoisotopic (exact) mass is 370 g/mol.